The molecule has 1 aliphatic heterocycles. The molecule has 0 spiro atoms. The van der Waals surface area contributed by atoms with Gasteiger partial charge in [0.1, 0.15) is 0 Å². The molecule has 2 N–H and O–H groups in total. The number of amides is 2. The van der Waals surface area contributed by atoms with Crippen LogP contribution in [0.4, 0.5) is 5.69 Å². The summed E-state index contributed by atoms with van der Waals surface area (Å²) in [6.07, 6.45) is 1.68. The van der Waals surface area contributed by atoms with E-state index >= 15 is 0 Å². The summed E-state index contributed by atoms with van der Waals surface area (Å²) >= 11 is 0. The number of nitrogens with one attached hydrogen (secondary N) is 2. The normalized spacial score (nSPS) is 15.4. The second kappa shape index (κ2) is 9.83. The lowest BCUT2D eigenvalue weighted by atomic mass is 10.0. The van der Waals surface area contributed by atoms with Gasteiger partial charge >= 0.3 is 0 Å². The van der Waals surface area contributed by atoms with Crippen LogP contribution in [0, 0.1) is 19.8 Å². The van der Waals surface area contributed by atoms with Gasteiger partial charge in [0, 0.05) is 37.8 Å². The van der Waals surface area contributed by atoms with Crippen LogP contribution in [0.15, 0.2) is 41.3 Å². The Balaban J connectivity index is 1.79. The Morgan fingerprint density at radius 2 is 1.78 bits per heavy atom. The van der Waals surface area contributed by atoms with E-state index in [1.807, 2.05) is 13.0 Å². The predicted molar refractivity (Wildman–Crippen MR) is 125 cm³/mol. The highest BCUT2D eigenvalue weighted by Gasteiger charge is 2.30. The maximum Gasteiger partial charge on any atom is 0.251 e. The summed E-state index contributed by atoms with van der Waals surface area (Å²) in [6, 6.07) is 10.4. The number of hydrogen-bond donors (Lipinski definition) is 2. The van der Waals surface area contributed by atoms with Crippen LogP contribution < -0.4 is 10.6 Å². The number of sulfonamides is 1. The van der Waals surface area contributed by atoms with Gasteiger partial charge in [0.15, 0.2) is 0 Å². The minimum atomic E-state index is -3.67. The number of hydrogen-bond acceptors (Lipinski definition) is 4. The number of piperidine rings is 1. The van der Waals surface area contributed by atoms with Crippen LogP contribution >= 0.6 is 0 Å². The fraction of sp³-hybridized carbons (Fsp3) is 0.417. The van der Waals surface area contributed by atoms with Crippen LogP contribution in [0.5, 0.6) is 0 Å². The Hall–Kier alpha value is -2.71. The average Bonchev–Trinajstić information content (AvgIpc) is 2.73. The maximum atomic E-state index is 13.3. The molecule has 0 bridgehead atoms. The predicted octanol–water partition coefficient (Wildman–Crippen LogP) is 3.61. The second-order valence-electron chi connectivity index (χ2n) is 8.57. The van der Waals surface area contributed by atoms with Crippen molar-refractivity contribution in [2.24, 2.45) is 5.92 Å². The zero-order chi connectivity index (χ0) is 23.5. The second-order valence-corrected chi connectivity index (χ2v) is 10.5. The molecule has 2 amide bonds. The van der Waals surface area contributed by atoms with Gasteiger partial charge < -0.3 is 10.6 Å². The number of rotatable bonds is 6. The molecule has 3 rings (SSSR count). The van der Waals surface area contributed by atoms with Crippen molar-refractivity contribution < 1.29 is 18.0 Å². The first kappa shape index (κ1) is 23.9. The summed E-state index contributed by atoms with van der Waals surface area (Å²) in [5, 5.41) is 5.56. The van der Waals surface area contributed by atoms with Crippen LogP contribution in [0.2, 0.25) is 0 Å². The van der Waals surface area contributed by atoms with Crippen molar-refractivity contribution in [3.8, 4) is 0 Å². The smallest absolute Gasteiger partial charge is 0.251 e. The summed E-state index contributed by atoms with van der Waals surface area (Å²) in [5.74, 6) is 0.00510. The average molecular weight is 458 g/mol. The standard InChI is InChI=1S/C24H31N3O4S/c1-16-8-10-27(11-9-16)32(30,31)23-14-21(12-17(2)18(23)3)24(29)25-15-20-6-5-7-22(13-20)26-19(4)28/h5-7,12-14,16H,8-11,15H2,1-4H3,(H,25,29)(H,26,28). The molecule has 1 aliphatic rings. The number of aryl methyl sites for hydroxylation is 1. The molecule has 0 unspecified atom stereocenters. The summed E-state index contributed by atoms with van der Waals surface area (Å²) in [7, 11) is -3.67. The van der Waals surface area contributed by atoms with Crippen molar-refractivity contribution in [2.45, 2.75) is 52.0 Å². The summed E-state index contributed by atoms with van der Waals surface area (Å²) in [6.45, 7) is 8.43. The van der Waals surface area contributed by atoms with Crippen LogP contribution in [0.1, 0.15) is 53.7 Å². The molecule has 0 radical (unpaired) electrons. The third kappa shape index (κ3) is 5.55. The lowest BCUT2D eigenvalue weighted by molar-refractivity contribution is -0.114. The summed E-state index contributed by atoms with van der Waals surface area (Å²) in [4.78, 5) is 24.3. The highest BCUT2D eigenvalue weighted by atomic mass is 32.2. The van der Waals surface area contributed by atoms with Crippen molar-refractivity contribution >= 4 is 27.5 Å². The van der Waals surface area contributed by atoms with Gasteiger partial charge in [0.2, 0.25) is 15.9 Å². The van der Waals surface area contributed by atoms with E-state index in [1.54, 1.807) is 31.2 Å². The Kier molecular flexibility index (Phi) is 7.36. The first-order valence-corrected chi connectivity index (χ1v) is 12.3. The molecular formula is C24H31N3O4S. The Bertz CT molecular complexity index is 1120. The first-order chi connectivity index (χ1) is 15.1. The fourth-order valence-corrected chi connectivity index (χ4v) is 5.63. The van der Waals surface area contributed by atoms with E-state index in [0.29, 0.717) is 35.8 Å². The monoisotopic (exact) mass is 457 g/mol. The zero-order valence-electron chi connectivity index (χ0n) is 19.1. The number of nitrogens with zero attached hydrogens (tertiary/aromatic N) is 1. The van der Waals surface area contributed by atoms with E-state index in [2.05, 4.69) is 17.6 Å². The maximum absolute atomic E-state index is 13.3. The fourth-order valence-electron chi connectivity index (χ4n) is 3.84. The molecule has 0 aliphatic carbocycles. The largest absolute Gasteiger partial charge is 0.348 e. The van der Waals surface area contributed by atoms with E-state index in [-0.39, 0.29) is 23.3 Å². The molecule has 7 nitrogen and oxygen atoms in total. The molecule has 1 fully saturated rings. The SMILES string of the molecule is CC(=O)Nc1cccc(CNC(=O)c2cc(C)c(C)c(S(=O)(=O)N3CCC(C)CC3)c2)c1. The van der Waals surface area contributed by atoms with E-state index < -0.39 is 10.0 Å². The molecule has 172 valence electrons. The van der Waals surface area contributed by atoms with Gasteiger partial charge in [-0.2, -0.15) is 4.31 Å². The quantitative estimate of drug-likeness (QED) is 0.693. The molecular weight excluding hydrogens is 426 g/mol. The number of carbonyl (C=O) groups is 2. The molecule has 2 aromatic rings. The van der Waals surface area contributed by atoms with Crippen molar-refractivity contribution in [2.75, 3.05) is 18.4 Å². The van der Waals surface area contributed by atoms with E-state index in [9.17, 15) is 18.0 Å². The molecule has 8 heteroatoms. The number of benzene rings is 2. The van der Waals surface area contributed by atoms with Crippen LogP contribution in [0.25, 0.3) is 0 Å². The highest BCUT2D eigenvalue weighted by Crippen LogP contribution is 2.28. The third-order valence-electron chi connectivity index (χ3n) is 5.94. The third-order valence-corrected chi connectivity index (χ3v) is 7.97. The Morgan fingerprint density at radius 3 is 2.44 bits per heavy atom. The van der Waals surface area contributed by atoms with Gasteiger partial charge in [-0.25, -0.2) is 8.42 Å². The topological polar surface area (TPSA) is 95.6 Å². The van der Waals surface area contributed by atoms with E-state index in [0.717, 1.165) is 24.0 Å². The molecule has 0 atom stereocenters. The van der Waals surface area contributed by atoms with E-state index in [4.69, 9.17) is 0 Å². The van der Waals surface area contributed by atoms with Gasteiger partial charge in [-0.1, -0.05) is 19.1 Å². The highest BCUT2D eigenvalue weighted by molar-refractivity contribution is 7.89. The molecule has 1 heterocycles. The lowest BCUT2D eigenvalue weighted by Crippen LogP contribution is -2.38. The van der Waals surface area contributed by atoms with Gasteiger partial charge in [0.05, 0.1) is 4.90 Å². The molecule has 32 heavy (non-hydrogen) atoms. The van der Waals surface area contributed by atoms with Crippen molar-refractivity contribution in [3.05, 3.63) is 58.7 Å². The van der Waals surface area contributed by atoms with Crippen molar-refractivity contribution in [1.29, 1.82) is 0 Å². The van der Waals surface area contributed by atoms with Gasteiger partial charge in [0.25, 0.3) is 5.91 Å². The van der Waals surface area contributed by atoms with Gasteiger partial charge in [-0.05, 0) is 73.6 Å². The molecule has 0 saturated carbocycles. The van der Waals surface area contributed by atoms with Gasteiger partial charge in [-0.3, -0.25) is 9.59 Å². The number of anilines is 1. The Labute approximate surface area is 190 Å². The van der Waals surface area contributed by atoms with E-state index in [1.165, 1.54) is 17.3 Å². The van der Waals surface area contributed by atoms with Crippen molar-refractivity contribution in [1.82, 2.24) is 9.62 Å². The Morgan fingerprint density at radius 1 is 1.09 bits per heavy atom. The summed E-state index contributed by atoms with van der Waals surface area (Å²) < 4.78 is 28.1. The summed E-state index contributed by atoms with van der Waals surface area (Å²) in [5.41, 5.74) is 3.22. The lowest BCUT2D eigenvalue weighted by Gasteiger charge is -2.30. The zero-order valence-corrected chi connectivity index (χ0v) is 19.9. The van der Waals surface area contributed by atoms with Crippen LogP contribution in [0.3, 0.4) is 0 Å². The molecule has 1 saturated heterocycles. The first-order valence-electron chi connectivity index (χ1n) is 10.8. The van der Waals surface area contributed by atoms with Crippen molar-refractivity contribution in [3.63, 3.8) is 0 Å². The van der Waals surface area contributed by atoms with Crippen LogP contribution in [-0.2, 0) is 21.4 Å². The number of carbonyl (C=O) groups excluding carboxylic acids is 2. The van der Waals surface area contributed by atoms with Crippen LogP contribution in [-0.4, -0.2) is 37.6 Å². The minimum absolute atomic E-state index is 0.168. The molecule has 0 aromatic heterocycles. The minimum Gasteiger partial charge on any atom is -0.348 e. The molecule has 2 aromatic carbocycles. The van der Waals surface area contributed by atoms with Gasteiger partial charge in [-0.15, -0.1) is 0 Å².